The van der Waals surface area contributed by atoms with E-state index in [4.69, 9.17) is 0 Å². The highest BCUT2D eigenvalue weighted by Gasteiger charge is 2.46. The molecule has 5 nitrogen and oxygen atoms in total. The molecule has 1 aliphatic rings. The lowest BCUT2D eigenvalue weighted by molar-refractivity contribution is -0.122. The summed E-state index contributed by atoms with van der Waals surface area (Å²) < 4.78 is 1.01. The summed E-state index contributed by atoms with van der Waals surface area (Å²) in [5.41, 5.74) is 2.96. The van der Waals surface area contributed by atoms with Crippen molar-refractivity contribution in [1.82, 2.24) is 4.90 Å². The first-order valence-electron chi connectivity index (χ1n) is 10.4. The molecule has 0 aromatic heterocycles. The molecule has 1 aliphatic heterocycles. The van der Waals surface area contributed by atoms with Crippen molar-refractivity contribution in [3.8, 4) is 0 Å². The quantitative estimate of drug-likeness (QED) is 0.334. The molecule has 1 saturated heterocycles. The van der Waals surface area contributed by atoms with Crippen LogP contribution in [-0.4, -0.2) is 28.7 Å². The van der Waals surface area contributed by atoms with Crippen molar-refractivity contribution in [3.05, 3.63) is 99.1 Å². The van der Waals surface area contributed by atoms with Crippen LogP contribution in [0.1, 0.15) is 40.9 Å². The molecule has 0 saturated carbocycles. The van der Waals surface area contributed by atoms with Gasteiger partial charge < -0.3 is 4.90 Å². The standard InChI is InChI=1S/C26H23IN2O3/c1-17-8-10-20(11-9-17)25(31)28(18(2)19-6-4-3-5-7-19)23-16-24(30)29(26(23)32)22-14-12-21(27)13-15-22/h3-15,18,23H,16H2,1-2H3. The van der Waals surface area contributed by atoms with Gasteiger partial charge in [-0.05, 0) is 78.4 Å². The fraction of sp³-hybridized carbons (Fsp3) is 0.192. The number of hydrogen-bond acceptors (Lipinski definition) is 3. The number of carbonyl (C=O) groups is 3. The molecule has 4 rings (SSSR count). The summed E-state index contributed by atoms with van der Waals surface area (Å²) in [7, 11) is 0. The summed E-state index contributed by atoms with van der Waals surface area (Å²) >= 11 is 2.18. The van der Waals surface area contributed by atoms with E-state index in [1.807, 2.05) is 68.4 Å². The van der Waals surface area contributed by atoms with E-state index in [0.29, 0.717) is 11.3 Å². The molecule has 2 atom stereocenters. The van der Waals surface area contributed by atoms with E-state index in [0.717, 1.165) is 14.7 Å². The lowest BCUT2D eigenvalue weighted by Crippen LogP contribution is -2.46. The maximum absolute atomic E-state index is 13.6. The van der Waals surface area contributed by atoms with Gasteiger partial charge in [-0.2, -0.15) is 0 Å². The molecule has 2 unspecified atom stereocenters. The number of hydrogen-bond donors (Lipinski definition) is 0. The van der Waals surface area contributed by atoms with Gasteiger partial charge in [0.05, 0.1) is 18.2 Å². The van der Waals surface area contributed by atoms with Crippen LogP contribution in [0.25, 0.3) is 0 Å². The number of halogens is 1. The first-order chi connectivity index (χ1) is 15.4. The van der Waals surface area contributed by atoms with E-state index in [-0.39, 0.29) is 30.2 Å². The maximum Gasteiger partial charge on any atom is 0.257 e. The number of rotatable bonds is 5. The molecule has 0 aliphatic carbocycles. The van der Waals surface area contributed by atoms with Gasteiger partial charge in [0.2, 0.25) is 5.91 Å². The Labute approximate surface area is 201 Å². The second-order valence-electron chi connectivity index (χ2n) is 7.93. The Bertz CT molecular complexity index is 1140. The minimum atomic E-state index is -0.870. The number of aryl methyl sites for hydroxylation is 1. The Balaban J connectivity index is 1.73. The second-order valence-corrected chi connectivity index (χ2v) is 9.17. The van der Waals surface area contributed by atoms with Crippen molar-refractivity contribution in [2.24, 2.45) is 0 Å². The van der Waals surface area contributed by atoms with Crippen molar-refractivity contribution in [2.45, 2.75) is 32.4 Å². The molecule has 0 radical (unpaired) electrons. The van der Waals surface area contributed by atoms with Crippen LogP contribution in [0, 0.1) is 10.5 Å². The SMILES string of the molecule is Cc1ccc(C(=O)N(C2CC(=O)N(c3ccc(I)cc3)C2=O)C(C)c2ccccc2)cc1. The third-order valence-electron chi connectivity index (χ3n) is 5.78. The summed E-state index contributed by atoms with van der Waals surface area (Å²) in [5, 5.41) is 0. The zero-order valence-corrected chi connectivity index (χ0v) is 20.0. The van der Waals surface area contributed by atoms with E-state index in [9.17, 15) is 14.4 Å². The number of imide groups is 1. The van der Waals surface area contributed by atoms with Gasteiger partial charge >= 0.3 is 0 Å². The van der Waals surface area contributed by atoms with Crippen LogP contribution >= 0.6 is 22.6 Å². The average molecular weight is 538 g/mol. The fourth-order valence-electron chi connectivity index (χ4n) is 4.02. The topological polar surface area (TPSA) is 57.7 Å². The Morgan fingerprint density at radius 1 is 0.969 bits per heavy atom. The molecule has 3 amide bonds. The van der Waals surface area contributed by atoms with Crippen LogP contribution in [-0.2, 0) is 9.59 Å². The third kappa shape index (κ3) is 4.32. The number of amides is 3. The molecule has 162 valence electrons. The van der Waals surface area contributed by atoms with Gasteiger partial charge in [-0.3, -0.25) is 14.4 Å². The summed E-state index contributed by atoms with van der Waals surface area (Å²) in [6.45, 7) is 3.85. The van der Waals surface area contributed by atoms with Gasteiger partial charge in [0, 0.05) is 9.13 Å². The van der Waals surface area contributed by atoms with Crippen LogP contribution in [0.3, 0.4) is 0 Å². The molecule has 0 bridgehead atoms. The molecule has 0 N–H and O–H groups in total. The Hall–Kier alpha value is -3.00. The normalized spacial score (nSPS) is 16.8. The highest BCUT2D eigenvalue weighted by Crippen LogP contribution is 2.32. The summed E-state index contributed by atoms with van der Waals surface area (Å²) in [6, 6.07) is 22.8. The van der Waals surface area contributed by atoms with Gasteiger partial charge in [-0.1, -0.05) is 48.0 Å². The zero-order chi connectivity index (χ0) is 22.8. The second kappa shape index (κ2) is 9.24. The summed E-state index contributed by atoms with van der Waals surface area (Å²) in [5.74, 6) is -0.945. The van der Waals surface area contributed by atoms with Crippen LogP contribution in [0.5, 0.6) is 0 Å². The number of nitrogens with zero attached hydrogens (tertiary/aromatic N) is 2. The molecule has 1 heterocycles. The van der Waals surface area contributed by atoms with E-state index in [1.54, 1.807) is 29.2 Å². The Morgan fingerprint density at radius 3 is 2.22 bits per heavy atom. The highest BCUT2D eigenvalue weighted by molar-refractivity contribution is 14.1. The molecule has 6 heteroatoms. The largest absolute Gasteiger partial charge is 0.319 e. The van der Waals surface area contributed by atoms with Crippen molar-refractivity contribution in [1.29, 1.82) is 0 Å². The summed E-state index contributed by atoms with van der Waals surface area (Å²) in [4.78, 5) is 42.8. The lowest BCUT2D eigenvalue weighted by atomic mass is 10.0. The molecule has 1 fully saturated rings. The van der Waals surface area contributed by atoms with Gasteiger partial charge in [0.25, 0.3) is 11.8 Å². The number of carbonyl (C=O) groups excluding carboxylic acids is 3. The third-order valence-corrected chi connectivity index (χ3v) is 6.49. The van der Waals surface area contributed by atoms with Crippen LogP contribution < -0.4 is 4.90 Å². The monoisotopic (exact) mass is 538 g/mol. The number of anilines is 1. The van der Waals surface area contributed by atoms with Gasteiger partial charge in [0.15, 0.2) is 0 Å². The van der Waals surface area contributed by atoms with Crippen molar-refractivity contribution in [3.63, 3.8) is 0 Å². The molecule has 3 aromatic carbocycles. The minimum absolute atomic E-state index is 0.0421. The molecule has 3 aromatic rings. The van der Waals surface area contributed by atoms with E-state index in [2.05, 4.69) is 22.6 Å². The van der Waals surface area contributed by atoms with E-state index >= 15 is 0 Å². The van der Waals surface area contributed by atoms with Crippen molar-refractivity contribution in [2.75, 3.05) is 4.90 Å². The van der Waals surface area contributed by atoms with Crippen LogP contribution in [0.4, 0.5) is 5.69 Å². The first kappa shape index (κ1) is 22.2. The molecule has 0 spiro atoms. The van der Waals surface area contributed by atoms with Crippen LogP contribution in [0.15, 0.2) is 78.9 Å². The van der Waals surface area contributed by atoms with Crippen molar-refractivity contribution < 1.29 is 14.4 Å². The zero-order valence-electron chi connectivity index (χ0n) is 17.9. The maximum atomic E-state index is 13.6. The molecular weight excluding hydrogens is 515 g/mol. The molecule has 32 heavy (non-hydrogen) atoms. The predicted octanol–water partition coefficient (Wildman–Crippen LogP) is 5.14. The number of benzene rings is 3. The lowest BCUT2D eigenvalue weighted by Gasteiger charge is -2.33. The highest BCUT2D eigenvalue weighted by atomic mass is 127. The molecular formula is C26H23IN2O3. The van der Waals surface area contributed by atoms with Gasteiger partial charge in [0.1, 0.15) is 6.04 Å². The Morgan fingerprint density at radius 2 is 1.59 bits per heavy atom. The predicted molar refractivity (Wildman–Crippen MR) is 132 cm³/mol. The van der Waals surface area contributed by atoms with Crippen LogP contribution in [0.2, 0.25) is 0 Å². The van der Waals surface area contributed by atoms with Gasteiger partial charge in [-0.25, -0.2) is 4.90 Å². The van der Waals surface area contributed by atoms with E-state index in [1.165, 1.54) is 4.90 Å². The summed E-state index contributed by atoms with van der Waals surface area (Å²) in [6.07, 6.45) is -0.0421. The fourth-order valence-corrected chi connectivity index (χ4v) is 4.38. The Kier molecular flexibility index (Phi) is 6.41. The first-order valence-corrected chi connectivity index (χ1v) is 11.5. The van der Waals surface area contributed by atoms with E-state index < -0.39 is 6.04 Å². The van der Waals surface area contributed by atoms with Gasteiger partial charge in [-0.15, -0.1) is 0 Å². The smallest absolute Gasteiger partial charge is 0.257 e. The van der Waals surface area contributed by atoms with Crippen molar-refractivity contribution >= 4 is 46.0 Å². The minimum Gasteiger partial charge on any atom is -0.319 e. The average Bonchev–Trinajstić information content (AvgIpc) is 3.09.